The van der Waals surface area contributed by atoms with Crippen LogP contribution in [-0.4, -0.2) is 74.2 Å². The first-order valence-electron chi connectivity index (χ1n) is 11.5. The Labute approximate surface area is 211 Å². The minimum Gasteiger partial charge on any atom is -0.462 e. The van der Waals surface area contributed by atoms with E-state index in [1.165, 1.54) is 12.2 Å². The molecule has 0 bridgehead atoms. The minimum atomic E-state index is -4.50. The van der Waals surface area contributed by atoms with Crippen molar-refractivity contribution < 1.29 is 41.9 Å². The molecule has 0 spiro atoms. The van der Waals surface area contributed by atoms with E-state index in [0.717, 1.165) is 5.56 Å². The molecule has 12 heteroatoms. The van der Waals surface area contributed by atoms with Crippen molar-refractivity contribution in [3.05, 3.63) is 54.1 Å². The van der Waals surface area contributed by atoms with Gasteiger partial charge in [0.25, 0.3) is 5.91 Å². The van der Waals surface area contributed by atoms with Crippen LogP contribution in [0.15, 0.2) is 48.6 Å². The molecule has 1 aromatic carbocycles. The van der Waals surface area contributed by atoms with Crippen LogP contribution in [0, 0.1) is 5.92 Å². The third-order valence-corrected chi connectivity index (χ3v) is 6.11. The molecule has 0 saturated carbocycles. The first-order valence-corrected chi connectivity index (χ1v) is 12.9. The number of ether oxygens (including phenoxy) is 2. The molecule has 5 N–H and O–H groups in total. The number of esters is 1. The zero-order valence-electron chi connectivity index (χ0n) is 20.2. The third kappa shape index (κ3) is 10.2. The van der Waals surface area contributed by atoms with Gasteiger partial charge >= 0.3 is 16.3 Å². The number of nitrogens with two attached hydrogens (primary N) is 1. The van der Waals surface area contributed by atoms with Crippen LogP contribution in [-0.2, 0) is 33.6 Å². The lowest BCUT2D eigenvalue weighted by Crippen LogP contribution is -2.45. The standard InChI is InChI=1S/C24H34N2O9S/c1-16(2)14-18(25)24(30)26-36(31,32)34-15-20-23(29)22(28)19(35-20)12-13-33-21(27)11-7-6-10-17-8-4-3-5-9-17/h3-11,16,18-20,22-23,28-29H,12-15,25H2,1-2H3,(H,26,30). The number of allylic oxidation sites excluding steroid dienone is 2. The molecule has 5 unspecified atom stereocenters. The summed E-state index contributed by atoms with van der Waals surface area (Å²) in [5.41, 5.74) is 6.63. The molecule has 5 atom stereocenters. The molecule has 1 heterocycles. The average molecular weight is 527 g/mol. The van der Waals surface area contributed by atoms with Crippen molar-refractivity contribution in [3.63, 3.8) is 0 Å². The molecule has 1 aromatic rings. The molecule has 200 valence electrons. The van der Waals surface area contributed by atoms with E-state index in [1.54, 1.807) is 10.8 Å². The summed E-state index contributed by atoms with van der Waals surface area (Å²) in [5.74, 6) is -1.43. The van der Waals surface area contributed by atoms with E-state index < -0.39 is 59.2 Å². The predicted molar refractivity (Wildman–Crippen MR) is 131 cm³/mol. The van der Waals surface area contributed by atoms with E-state index in [9.17, 15) is 28.2 Å². The molecule has 0 radical (unpaired) electrons. The number of nitrogens with one attached hydrogen (secondary N) is 1. The number of carbonyl (C=O) groups excluding carboxylic acids is 2. The average Bonchev–Trinajstić information content (AvgIpc) is 3.08. The molecule has 2 rings (SSSR count). The maximum atomic E-state index is 12.0. The summed E-state index contributed by atoms with van der Waals surface area (Å²) in [6, 6.07) is 8.49. The highest BCUT2D eigenvalue weighted by atomic mass is 32.2. The van der Waals surface area contributed by atoms with Gasteiger partial charge in [-0.05, 0) is 17.9 Å². The van der Waals surface area contributed by atoms with Gasteiger partial charge in [-0.25, -0.2) is 9.52 Å². The summed E-state index contributed by atoms with van der Waals surface area (Å²) in [6.07, 6.45) is 1.73. The van der Waals surface area contributed by atoms with Gasteiger partial charge in [0.1, 0.15) is 18.3 Å². The van der Waals surface area contributed by atoms with Crippen LogP contribution in [0.4, 0.5) is 0 Å². The number of aliphatic hydroxyl groups is 2. The summed E-state index contributed by atoms with van der Waals surface area (Å²) in [5, 5.41) is 20.3. The number of benzene rings is 1. The van der Waals surface area contributed by atoms with Crippen LogP contribution < -0.4 is 10.5 Å². The van der Waals surface area contributed by atoms with E-state index in [2.05, 4.69) is 0 Å². The molecule has 1 aliphatic heterocycles. The summed E-state index contributed by atoms with van der Waals surface area (Å²) in [7, 11) is -4.50. The fraction of sp³-hybridized carbons (Fsp3) is 0.500. The second kappa shape index (κ2) is 14.2. The van der Waals surface area contributed by atoms with Gasteiger partial charge in [-0.1, -0.05) is 62.4 Å². The molecular formula is C24H34N2O9S. The molecule has 1 fully saturated rings. The van der Waals surface area contributed by atoms with E-state index in [0.29, 0.717) is 0 Å². The van der Waals surface area contributed by atoms with Gasteiger partial charge in [0.2, 0.25) is 0 Å². The van der Waals surface area contributed by atoms with Crippen LogP contribution in [0.2, 0.25) is 0 Å². The van der Waals surface area contributed by atoms with Gasteiger partial charge in [-0.2, -0.15) is 8.42 Å². The van der Waals surface area contributed by atoms with Crippen LogP contribution >= 0.6 is 0 Å². The molecular weight excluding hydrogens is 492 g/mol. The van der Waals surface area contributed by atoms with E-state index in [4.69, 9.17) is 19.4 Å². The maximum absolute atomic E-state index is 12.0. The normalized spacial score (nSPS) is 23.4. The number of carbonyl (C=O) groups is 2. The Morgan fingerprint density at radius 3 is 2.47 bits per heavy atom. The molecule has 11 nitrogen and oxygen atoms in total. The Bertz CT molecular complexity index is 1010. The van der Waals surface area contributed by atoms with Gasteiger partial charge < -0.3 is 25.4 Å². The van der Waals surface area contributed by atoms with Gasteiger partial charge in [-0.3, -0.25) is 8.98 Å². The third-order valence-electron chi connectivity index (χ3n) is 5.21. The fourth-order valence-corrected chi connectivity index (χ4v) is 4.16. The number of amides is 1. The summed E-state index contributed by atoms with van der Waals surface area (Å²) >= 11 is 0. The van der Waals surface area contributed by atoms with Crippen molar-refractivity contribution in [1.82, 2.24) is 4.72 Å². The van der Waals surface area contributed by atoms with Crippen molar-refractivity contribution in [2.75, 3.05) is 13.2 Å². The van der Waals surface area contributed by atoms with Gasteiger partial charge in [0.05, 0.1) is 25.4 Å². The SMILES string of the molecule is CC(C)CC(N)C(=O)NS(=O)(=O)OCC1OC(CCOC(=O)C=CC=Cc2ccccc2)C(O)C1O. The van der Waals surface area contributed by atoms with Crippen molar-refractivity contribution in [2.45, 2.75) is 57.1 Å². The van der Waals surface area contributed by atoms with Crippen LogP contribution in [0.3, 0.4) is 0 Å². The first-order chi connectivity index (χ1) is 17.0. The second-order valence-corrected chi connectivity index (χ2v) is 10.1. The number of hydrogen-bond acceptors (Lipinski definition) is 10. The lowest BCUT2D eigenvalue weighted by atomic mass is 10.0. The fourth-order valence-electron chi connectivity index (χ4n) is 3.39. The summed E-state index contributed by atoms with van der Waals surface area (Å²) in [4.78, 5) is 23.7. The highest BCUT2D eigenvalue weighted by Gasteiger charge is 2.43. The van der Waals surface area contributed by atoms with Gasteiger partial charge in [0, 0.05) is 12.5 Å². The van der Waals surface area contributed by atoms with E-state index >= 15 is 0 Å². The Balaban J connectivity index is 1.74. The predicted octanol–water partition coefficient (Wildman–Crippen LogP) is 0.430. The lowest BCUT2D eigenvalue weighted by molar-refractivity contribution is -0.139. The number of hydrogen-bond donors (Lipinski definition) is 4. The van der Waals surface area contributed by atoms with Crippen molar-refractivity contribution >= 4 is 28.3 Å². The molecule has 0 aliphatic carbocycles. The zero-order chi connectivity index (χ0) is 26.7. The first kappa shape index (κ1) is 29.6. The molecule has 36 heavy (non-hydrogen) atoms. The largest absolute Gasteiger partial charge is 0.462 e. The van der Waals surface area contributed by atoms with Crippen molar-refractivity contribution in [1.29, 1.82) is 0 Å². The molecule has 1 amide bonds. The summed E-state index contributed by atoms with van der Waals surface area (Å²) < 4.78 is 41.0. The van der Waals surface area contributed by atoms with Crippen molar-refractivity contribution in [3.8, 4) is 0 Å². The van der Waals surface area contributed by atoms with Crippen LogP contribution in [0.5, 0.6) is 0 Å². The molecule has 1 saturated heterocycles. The Kier molecular flexibility index (Phi) is 11.7. The second-order valence-electron chi connectivity index (χ2n) is 8.72. The molecule has 0 aromatic heterocycles. The van der Waals surface area contributed by atoms with E-state index in [1.807, 2.05) is 50.3 Å². The zero-order valence-corrected chi connectivity index (χ0v) is 21.0. The smallest absolute Gasteiger partial charge is 0.362 e. The summed E-state index contributed by atoms with van der Waals surface area (Å²) in [6.45, 7) is 2.92. The van der Waals surface area contributed by atoms with Crippen molar-refractivity contribution in [2.24, 2.45) is 11.7 Å². The number of aliphatic hydroxyl groups excluding tert-OH is 2. The highest BCUT2D eigenvalue weighted by molar-refractivity contribution is 7.85. The Hall–Kier alpha value is -2.61. The Morgan fingerprint density at radius 2 is 1.81 bits per heavy atom. The topological polar surface area (TPSA) is 174 Å². The van der Waals surface area contributed by atoms with Gasteiger partial charge in [0.15, 0.2) is 0 Å². The monoisotopic (exact) mass is 526 g/mol. The minimum absolute atomic E-state index is 0.0572. The van der Waals surface area contributed by atoms with Gasteiger partial charge in [-0.15, -0.1) is 0 Å². The molecule has 1 aliphatic rings. The van der Waals surface area contributed by atoms with E-state index in [-0.39, 0.29) is 25.4 Å². The Morgan fingerprint density at radius 1 is 1.14 bits per heavy atom. The highest BCUT2D eigenvalue weighted by Crippen LogP contribution is 2.24. The van der Waals surface area contributed by atoms with Crippen LogP contribution in [0.25, 0.3) is 6.08 Å². The maximum Gasteiger partial charge on any atom is 0.362 e. The lowest BCUT2D eigenvalue weighted by Gasteiger charge is -2.16. The number of rotatable bonds is 13. The van der Waals surface area contributed by atoms with Crippen LogP contribution in [0.1, 0.15) is 32.3 Å². The quantitative estimate of drug-likeness (QED) is 0.160.